The SMILES string of the molecule is CCCCCCCCCCCCCCCCCCOC(=O)N1CCCCC1C(C)OCCCCCl. The van der Waals surface area contributed by atoms with Crippen LogP contribution in [0.2, 0.25) is 0 Å². The molecule has 1 aliphatic heterocycles. The van der Waals surface area contributed by atoms with Gasteiger partial charge in [0.2, 0.25) is 0 Å². The van der Waals surface area contributed by atoms with Crippen LogP contribution in [0, 0.1) is 0 Å². The maximum Gasteiger partial charge on any atom is 0.410 e. The highest BCUT2D eigenvalue weighted by Crippen LogP contribution is 2.23. The van der Waals surface area contributed by atoms with E-state index < -0.39 is 0 Å². The third-order valence-electron chi connectivity index (χ3n) is 7.46. The molecule has 5 heteroatoms. The Labute approximate surface area is 223 Å². The van der Waals surface area contributed by atoms with Crippen LogP contribution in [0.1, 0.15) is 149 Å². The van der Waals surface area contributed by atoms with Gasteiger partial charge in [0.05, 0.1) is 18.8 Å². The maximum absolute atomic E-state index is 12.7. The molecule has 2 unspecified atom stereocenters. The second-order valence-corrected chi connectivity index (χ2v) is 11.0. The van der Waals surface area contributed by atoms with Crippen LogP contribution in [0.3, 0.4) is 0 Å². The number of halogens is 1. The largest absolute Gasteiger partial charge is 0.449 e. The van der Waals surface area contributed by atoms with E-state index in [1.807, 2.05) is 4.90 Å². The molecule has 1 rings (SSSR count). The molecule has 35 heavy (non-hydrogen) atoms. The Hall–Kier alpha value is -0.480. The minimum atomic E-state index is -0.146. The molecule has 0 bridgehead atoms. The summed E-state index contributed by atoms with van der Waals surface area (Å²) in [6.07, 6.45) is 26.7. The van der Waals surface area contributed by atoms with Gasteiger partial charge in [0.15, 0.2) is 0 Å². The predicted octanol–water partition coefficient (Wildman–Crippen LogP) is 9.66. The molecular weight excluding hydrogens is 458 g/mol. The molecule has 1 heterocycles. The molecule has 0 aliphatic carbocycles. The van der Waals surface area contributed by atoms with Gasteiger partial charge in [0.25, 0.3) is 0 Å². The van der Waals surface area contributed by atoms with Crippen molar-refractivity contribution in [2.75, 3.05) is 25.6 Å². The highest BCUT2D eigenvalue weighted by molar-refractivity contribution is 6.17. The van der Waals surface area contributed by atoms with Gasteiger partial charge >= 0.3 is 6.09 Å². The lowest BCUT2D eigenvalue weighted by molar-refractivity contribution is -0.0192. The zero-order valence-electron chi connectivity index (χ0n) is 23.4. The molecule has 0 N–H and O–H groups in total. The Bertz CT molecular complexity index is 477. The van der Waals surface area contributed by atoms with Crippen LogP contribution in [0.4, 0.5) is 4.79 Å². The predicted molar refractivity (Wildman–Crippen MR) is 151 cm³/mol. The fourth-order valence-electron chi connectivity index (χ4n) is 5.14. The first-order valence-corrected chi connectivity index (χ1v) is 15.8. The van der Waals surface area contributed by atoms with Crippen molar-refractivity contribution in [3.05, 3.63) is 0 Å². The zero-order chi connectivity index (χ0) is 25.4. The molecule has 0 spiro atoms. The van der Waals surface area contributed by atoms with Crippen molar-refractivity contribution in [1.29, 1.82) is 0 Å². The molecule has 4 nitrogen and oxygen atoms in total. The molecule has 0 aromatic carbocycles. The lowest BCUT2D eigenvalue weighted by atomic mass is 9.98. The molecule has 0 saturated carbocycles. The molecule has 1 aliphatic rings. The second kappa shape index (κ2) is 23.9. The summed E-state index contributed by atoms with van der Waals surface area (Å²) in [7, 11) is 0. The molecule has 208 valence electrons. The Morgan fingerprint density at radius 3 is 1.83 bits per heavy atom. The Balaban J connectivity index is 1.96. The third kappa shape index (κ3) is 17.6. The van der Waals surface area contributed by atoms with E-state index in [0.29, 0.717) is 19.1 Å². The minimum absolute atomic E-state index is 0.0497. The van der Waals surface area contributed by atoms with Gasteiger partial charge in [-0.05, 0) is 45.4 Å². The lowest BCUT2D eigenvalue weighted by Gasteiger charge is -2.38. The monoisotopic (exact) mass is 515 g/mol. The first-order valence-electron chi connectivity index (χ1n) is 15.3. The number of carbonyl (C=O) groups is 1. The van der Waals surface area contributed by atoms with Gasteiger partial charge in [-0.25, -0.2) is 4.79 Å². The van der Waals surface area contributed by atoms with E-state index in [9.17, 15) is 4.79 Å². The number of ether oxygens (including phenoxy) is 2. The van der Waals surface area contributed by atoms with Crippen LogP contribution in [0.25, 0.3) is 0 Å². The van der Waals surface area contributed by atoms with Gasteiger partial charge in [0.1, 0.15) is 0 Å². The molecule has 0 aromatic heterocycles. The molecule has 2 atom stereocenters. The first-order chi connectivity index (χ1) is 17.2. The number of hydrogen-bond donors (Lipinski definition) is 0. The summed E-state index contributed by atoms with van der Waals surface area (Å²) in [5, 5.41) is 0. The normalized spacial score (nSPS) is 17.0. The lowest BCUT2D eigenvalue weighted by Crippen LogP contribution is -2.50. The van der Waals surface area contributed by atoms with Gasteiger partial charge in [-0.2, -0.15) is 0 Å². The topological polar surface area (TPSA) is 38.8 Å². The van der Waals surface area contributed by atoms with Crippen molar-refractivity contribution in [3.8, 4) is 0 Å². The fourth-order valence-corrected chi connectivity index (χ4v) is 5.33. The van der Waals surface area contributed by atoms with Crippen LogP contribution in [0.5, 0.6) is 0 Å². The van der Waals surface area contributed by atoms with Crippen molar-refractivity contribution in [2.45, 2.75) is 161 Å². The molecule has 0 aromatic rings. The van der Waals surface area contributed by atoms with E-state index in [1.165, 1.54) is 89.9 Å². The standard InChI is InChI=1S/C30H58ClNO3/c1-3-4-5-6-7-8-9-10-11-12-13-14-15-16-17-21-27-35-30(33)32-25-20-18-23-29(32)28(2)34-26-22-19-24-31/h28-29H,3-27H2,1-2H3. The highest BCUT2D eigenvalue weighted by Gasteiger charge is 2.32. The van der Waals surface area contributed by atoms with Crippen LogP contribution in [-0.2, 0) is 9.47 Å². The van der Waals surface area contributed by atoms with E-state index in [4.69, 9.17) is 21.1 Å². The van der Waals surface area contributed by atoms with Crippen LogP contribution in [-0.4, -0.2) is 48.8 Å². The Kier molecular flexibility index (Phi) is 22.2. The fraction of sp³-hybridized carbons (Fsp3) is 0.967. The van der Waals surface area contributed by atoms with Crippen LogP contribution >= 0.6 is 11.6 Å². The van der Waals surface area contributed by atoms with Gasteiger partial charge in [0, 0.05) is 19.0 Å². The van der Waals surface area contributed by atoms with Gasteiger partial charge < -0.3 is 14.4 Å². The number of amides is 1. The van der Waals surface area contributed by atoms with Crippen molar-refractivity contribution >= 4 is 17.7 Å². The Morgan fingerprint density at radius 1 is 0.771 bits per heavy atom. The maximum atomic E-state index is 12.7. The number of carbonyl (C=O) groups excluding carboxylic acids is 1. The van der Waals surface area contributed by atoms with Gasteiger partial charge in [-0.1, -0.05) is 103 Å². The average Bonchev–Trinajstić information content (AvgIpc) is 2.88. The van der Waals surface area contributed by atoms with E-state index in [2.05, 4.69) is 13.8 Å². The summed E-state index contributed by atoms with van der Waals surface area (Å²) in [6, 6.07) is 0.137. The minimum Gasteiger partial charge on any atom is -0.449 e. The summed E-state index contributed by atoms with van der Waals surface area (Å²) in [5.74, 6) is 0.680. The summed E-state index contributed by atoms with van der Waals surface area (Å²) in [5.41, 5.74) is 0. The molecule has 1 saturated heterocycles. The zero-order valence-corrected chi connectivity index (χ0v) is 24.1. The molecular formula is C30H58ClNO3. The number of likely N-dealkylation sites (tertiary alicyclic amines) is 1. The molecule has 0 radical (unpaired) electrons. The summed E-state index contributed by atoms with van der Waals surface area (Å²) < 4.78 is 11.6. The van der Waals surface area contributed by atoms with Crippen LogP contribution < -0.4 is 0 Å². The van der Waals surface area contributed by atoms with Crippen molar-refractivity contribution < 1.29 is 14.3 Å². The Morgan fingerprint density at radius 2 is 1.29 bits per heavy atom. The van der Waals surface area contributed by atoms with Crippen molar-refractivity contribution in [3.63, 3.8) is 0 Å². The number of rotatable bonds is 23. The highest BCUT2D eigenvalue weighted by atomic mass is 35.5. The van der Waals surface area contributed by atoms with Crippen molar-refractivity contribution in [2.24, 2.45) is 0 Å². The van der Waals surface area contributed by atoms with Gasteiger partial charge in [-0.3, -0.25) is 0 Å². The smallest absolute Gasteiger partial charge is 0.410 e. The third-order valence-corrected chi connectivity index (χ3v) is 7.73. The second-order valence-electron chi connectivity index (χ2n) is 10.6. The van der Waals surface area contributed by atoms with E-state index in [1.54, 1.807) is 0 Å². The number of piperidine rings is 1. The van der Waals surface area contributed by atoms with E-state index >= 15 is 0 Å². The first kappa shape index (κ1) is 32.5. The van der Waals surface area contributed by atoms with E-state index in [0.717, 1.165) is 51.5 Å². The molecule has 1 amide bonds. The molecule has 1 fully saturated rings. The summed E-state index contributed by atoms with van der Waals surface area (Å²) in [6.45, 7) is 6.43. The van der Waals surface area contributed by atoms with Crippen molar-refractivity contribution in [1.82, 2.24) is 4.90 Å². The number of unbranched alkanes of at least 4 members (excludes halogenated alkanes) is 16. The van der Waals surface area contributed by atoms with Gasteiger partial charge in [-0.15, -0.1) is 11.6 Å². The quantitative estimate of drug-likeness (QED) is 0.100. The van der Waals surface area contributed by atoms with Crippen LogP contribution in [0.15, 0.2) is 0 Å². The average molecular weight is 516 g/mol. The van der Waals surface area contributed by atoms with E-state index in [-0.39, 0.29) is 18.2 Å². The summed E-state index contributed by atoms with van der Waals surface area (Å²) >= 11 is 5.75. The number of hydrogen-bond acceptors (Lipinski definition) is 3. The number of alkyl halides is 1. The summed E-state index contributed by atoms with van der Waals surface area (Å²) in [4.78, 5) is 14.6. The number of nitrogens with zero attached hydrogens (tertiary/aromatic N) is 1.